The first-order chi connectivity index (χ1) is 16.6. The number of para-hydroxylation sites is 1. The second-order valence-corrected chi connectivity index (χ2v) is 8.68. The number of rotatable bonds is 9. The summed E-state index contributed by atoms with van der Waals surface area (Å²) in [6, 6.07) is 24.8. The number of aromatic nitrogens is 3. The predicted octanol–water partition coefficient (Wildman–Crippen LogP) is 4.99. The number of carbonyl (C=O) groups is 1. The van der Waals surface area contributed by atoms with Crippen molar-refractivity contribution in [1.82, 2.24) is 14.7 Å². The van der Waals surface area contributed by atoms with Crippen LogP contribution in [0.25, 0.3) is 33.3 Å². The number of carboxylic acid groups (broad SMARTS) is 1. The number of benzene rings is 3. The van der Waals surface area contributed by atoms with Crippen molar-refractivity contribution in [2.45, 2.75) is 39.2 Å². The van der Waals surface area contributed by atoms with Crippen LogP contribution in [0.15, 0.2) is 77.3 Å². The molecule has 0 N–H and O–H groups in total. The summed E-state index contributed by atoms with van der Waals surface area (Å²) in [6.07, 6.45) is 2.44. The quantitative estimate of drug-likeness (QED) is 0.315. The van der Waals surface area contributed by atoms with Gasteiger partial charge in [0.15, 0.2) is 5.82 Å². The van der Waals surface area contributed by atoms with Crippen molar-refractivity contribution in [3.63, 3.8) is 0 Å². The average molecular weight is 453 g/mol. The molecule has 172 valence electrons. The monoisotopic (exact) mass is 452 g/mol. The van der Waals surface area contributed by atoms with Crippen molar-refractivity contribution in [2.75, 3.05) is 0 Å². The summed E-state index contributed by atoms with van der Waals surface area (Å²) >= 11 is 0. The maximum atomic E-state index is 11.3. The fourth-order valence-electron chi connectivity index (χ4n) is 4.57. The van der Waals surface area contributed by atoms with Crippen LogP contribution in [0.1, 0.15) is 37.6 Å². The molecule has 2 heterocycles. The molecule has 0 amide bonds. The molecular formula is C28H26N3O3-. The van der Waals surface area contributed by atoms with Crippen molar-refractivity contribution in [1.29, 1.82) is 0 Å². The molecule has 0 saturated heterocycles. The van der Waals surface area contributed by atoms with Gasteiger partial charge in [-0.2, -0.15) is 4.98 Å². The first-order valence-electron chi connectivity index (χ1n) is 11.7. The maximum absolute atomic E-state index is 11.3. The zero-order chi connectivity index (χ0) is 23.5. The number of aryl methyl sites for hydroxylation is 1. The molecule has 6 nitrogen and oxygen atoms in total. The normalized spacial score (nSPS) is 12.4. The molecule has 2 aromatic heterocycles. The Hall–Kier alpha value is -3.93. The molecule has 0 spiro atoms. The molecule has 0 fully saturated rings. The van der Waals surface area contributed by atoms with Gasteiger partial charge in [-0.05, 0) is 53.6 Å². The van der Waals surface area contributed by atoms with Crippen LogP contribution in [0.4, 0.5) is 0 Å². The Morgan fingerprint density at radius 3 is 2.56 bits per heavy atom. The lowest BCUT2D eigenvalue weighted by atomic mass is 10.0. The summed E-state index contributed by atoms with van der Waals surface area (Å²) in [5.41, 5.74) is 3.03. The van der Waals surface area contributed by atoms with Crippen LogP contribution >= 0.6 is 0 Å². The first-order valence-corrected chi connectivity index (χ1v) is 11.7. The number of carboxylic acids is 1. The van der Waals surface area contributed by atoms with Crippen molar-refractivity contribution >= 4 is 27.6 Å². The van der Waals surface area contributed by atoms with Crippen molar-refractivity contribution in [3.8, 4) is 11.6 Å². The van der Waals surface area contributed by atoms with E-state index in [1.165, 1.54) is 10.8 Å². The number of carbonyl (C=O) groups excluding carboxylic acids is 1. The van der Waals surface area contributed by atoms with E-state index in [0.29, 0.717) is 37.5 Å². The van der Waals surface area contributed by atoms with E-state index in [2.05, 4.69) is 58.3 Å². The van der Waals surface area contributed by atoms with E-state index < -0.39 is 11.9 Å². The lowest BCUT2D eigenvalue weighted by Crippen LogP contribution is -2.31. The van der Waals surface area contributed by atoms with E-state index in [1.807, 2.05) is 31.2 Å². The van der Waals surface area contributed by atoms with E-state index >= 15 is 0 Å². The van der Waals surface area contributed by atoms with Gasteiger partial charge in [0.05, 0.1) is 0 Å². The highest BCUT2D eigenvalue weighted by atomic mass is 16.5. The highest BCUT2D eigenvalue weighted by molar-refractivity contribution is 5.86. The van der Waals surface area contributed by atoms with Crippen molar-refractivity contribution in [2.24, 2.45) is 5.92 Å². The zero-order valence-corrected chi connectivity index (χ0v) is 19.1. The molecule has 6 heteroatoms. The lowest BCUT2D eigenvalue weighted by molar-refractivity contribution is -0.311. The van der Waals surface area contributed by atoms with Crippen LogP contribution in [-0.4, -0.2) is 20.7 Å². The van der Waals surface area contributed by atoms with Crippen LogP contribution in [0.3, 0.4) is 0 Å². The van der Waals surface area contributed by atoms with Crippen LogP contribution in [-0.2, 0) is 17.8 Å². The SMILES string of the molecule is CCC(CCCn1c(-c2nc(Cc3ccc4ccccc4c3)no2)cc2ccccc21)C(=O)[O-]. The molecule has 0 saturated carbocycles. The Kier molecular flexibility index (Phi) is 6.12. The standard InChI is InChI=1S/C28H27N3O3/c1-2-20(28(32)33)11-7-15-31-24-12-6-5-10-23(24)18-25(31)27-29-26(30-34-27)17-19-13-14-21-8-3-4-9-22(21)16-19/h3-6,8-10,12-14,16,18,20H,2,7,11,15,17H2,1H3,(H,32,33)/p-1. The second kappa shape index (κ2) is 9.51. The van der Waals surface area contributed by atoms with E-state index in [1.54, 1.807) is 0 Å². The van der Waals surface area contributed by atoms with Gasteiger partial charge in [-0.25, -0.2) is 0 Å². The van der Waals surface area contributed by atoms with Gasteiger partial charge in [0.2, 0.25) is 0 Å². The largest absolute Gasteiger partial charge is 0.550 e. The summed E-state index contributed by atoms with van der Waals surface area (Å²) in [7, 11) is 0. The Morgan fingerprint density at radius 2 is 1.76 bits per heavy atom. The van der Waals surface area contributed by atoms with Gasteiger partial charge in [0, 0.05) is 29.8 Å². The van der Waals surface area contributed by atoms with Gasteiger partial charge in [0.1, 0.15) is 5.69 Å². The topological polar surface area (TPSA) is 84.0 Å². The van der Waals surface area contributed by atoms with Gasteiger partial charge in [-0.15, -0.1) is 0 Å². The molecule has 3 aromatic carbocycles. The van der Waals surface area contributed by atoms with Crippen LogP contribution < -0.4 is 5.11 Å². The molecule has 0 radical (unpaired) electrons. The molecule has 5 aromatic rings. The third kappa shape index (κ3) is 4.44. The van der Waals surface area contributed by atoms with E-state index in [0.717, 1.165) is 28.6 Å². The lowest BCUT2D eigenvalue weighted by Gasteiger charge is -2.16. The Balaban J connectivity index is 1.40. The minimum atomic E-state index is -0.977. The molecular weight excluding hydrogens is 426 g/mol. The van der Waals surface area contributed by atoms with Gasteiger partial charge in [0.25, 0.3) is 5.89 Å². The third-order valence-electron chi connectivity index (χ3n) is 6.43. The Bertz CT molecular complexity index is 1450. The highest BCUT2D eigenvalue weighted by Gasteiger charge is 2.17. The summed E-state index contributed by atoms with van der Waals surface area (Å²) in [5, 5.41) is 19.0. The van der Waals surface area contributed by atoms with Gasteiger partial charge in [-0.1, -0.05) is 72.7 Å². The summed E-state index contributed by atoms with van der Waals surface area (Å²) in [6.45, 7) is 2.54. The van der Waals surface area contributed by atoms with Crippen molar-refractivity contribution in [3.05, 3.63) is 84.2 Å². The maximum Gasteiger partial charge on any atom is 0.274 e. The number of hydrogen-bond donors (Lipinski definition) is 0. The average Bonchev–Trinajstić information content (AvgIpc) is 3.46. The number of aliphatic carboxylic acids is 1. The van der Waals surface area contributed by atoms with Crippen LogP contribution in [0.5, 0.6) is 0 Å². The number of nitrogens with zero attached hydrogens (tertiary/aromatic N) is 3. The third-order valence-corrected chi connectivity index (χ3v) is 6.43. The molecule has 34 heavy (non-hydrogen) atoms. The van der Waals surface area contributed by atoms with Gasteiger partial charge in [-0.3, -0.25) is 0 Å². The molecule has 0 aliphatic rings. The summed E-state index contributed by atoms with van der Waals surface area (Å²) in [5.74, 6) is -0.304. The minimum Gasteiger partial charge on any atom is -0.550 e. The predicted molar refractivity (Wildman–Crippen MR) is 130 cm³/mol. The molecule has 1 atom stereocenters. The van der Waals surface area contributed by atoms with E-state index in [9.17, 15) is 9.90 Å². The van der Waals surface area contributed by atoms with Crippen LogP contribution in [0, 0.1) is 5.92 Å². The fourth-order valence-corrected chi connectivity index (χ4v) is 4.57. The smallest absolute Gasteiger partial charge is 0.274 e. The molecule has 0 aliphatic heterocycles. The number of fused-ring (bicyclic) bond motifs is 2. The fraction of sp³-hybridized carbons (Fsp3) is 0.250. The molecule has 0 bridgehead atoms. The van der Waals surface area contributed by atoms with Gasteiger partial charge < -0.3 is 19.0 Å². The summed E-state index contributed by atoms with van der Waals surface area (Å²) in [4.78, 5) is 16.0. The summed E-state index contributed by atoms with van der Waals surface area (Å²) < 4.78 is 7.82. The first kappa shape index (κ1) is 21.9. The Labute approximate surface area is 197 Å². The highest BCUT2D eigenvalue weighted by Crippen LogP contribution is 2.29. The van der Waals surface area contributed by atoms with Crippen LogP contribution in [0.2, 0.25) is 0 Å². The minimum absolute atomic E-state index is 0.428. The zero-order valence-electron chi connectivity index (χ0n) is 19.1. The van der Waals surface area contributed by atoms with Gasteiger partial charge >= 0.3 is 0 Å². The van der Waals surface area contributed by atoms with E-state index in [4.69, 9.17) is 9.51 Å². The molecule has 5 rings (SSSR count). The Morgan fingerprint density at radius 1 is 1.00 bits per heavy atom. The second-order valence-electron chi connectivity index (χ2n) is 8.68. The van der Waals surface area contributed by atoms with E-state index in [-0.39, 0.29) is 0 Å². The van der Waals surface area contributed by atoms with Crippen molar-refractivity contribution < 1.29 is 14.4 Å². The molecule has 1 unspecified atom stereocenters. The molecule has 0 aliphatic carbocycles. The number of hydrogen-bond acceptors (Lipinski definition) is 5.